The first-order chi connectivity index (χ1) is 14.9. The van der Waals surface area contributed by atoms with E-state index in [9.17, 15) is 34.6 Å². The van der Waals surface area contributed by atoms with Crippen LogP contribution in [0.3, 0.4) is 0 Å². The summed E-state index contributed by atoms with van der Waals surface area (Å²) in [5, 5.41) is 0. The van der Waals surface area contributed by atoms with Crippen molar-refractivity contribution in [1.29, 1.82) is 0 Å². The predicted molar refractivity (Wildman–Crippen MR) is 111 cm³/mol. The van der Waals surface area contributed by atoms with Crippen molar-refractivity contribution in [2.45, 2.75) is 23.4 Å². The number of sulfone groups is 1. The molecule has 2 aliphatic heterocycles. The predicted octanol–water partition coefficient (Wildman–Crippen LogP) is 3.10. The Bertz CT molecular complexity index is 1240. The summed E-state index contributed by atoms with van der Waals surface area (Å²) in [4.78, 5) is 1.30. The standard InChI is InChI=1S/C20H20F3NO6S2/c21-20(22,23)13-1-3-16(18(11-13)24-6-9-31(25,26)10-7-24)15-5-8-30-19-12-14(32(27,28)29)2-4-17(15)19/h1-4,11-12,15H,5-10H2,(H,27,28,29). The van der Waals surface area contributed by atoms with Gasteiger partial charge in [0.1, 0.15) is 5.75 Å². The normalized spacial score (nSPS) is 21.0. The van der Waals surface area contributed by atoms with Gasteiger partial charge in [0.25, 0.3) is 10.1 Å². The summed E-state index contributed by atoms with van der Waals surface area (Å²) in [6.45, 7) is 0.351. The van der Waals surface area contributed by atoms with Crippen LogP contribution in [0.1, 0.15) is 29.0 Å². The van der Waals surface area contributed by atoms with E-state index in [2.05, 4.69) is 0 Å². The molecule has 12 heteroatoms. The quantitative estimate of drug-likeness (QED) is 0.659. The van der Waals surface area contributed by atoms with Gasteiger partial charge in [0, 0.05) is 36.3 Å². The molecule has 32 heavy (non-hydrogen) atoms. The first kappa shape index (κ1) is 22.9. The number of benzene rings is 2. The number of hydrogen-bond acceptors (Lipinski definition) is 6. The van der Waals surface area contributed by atoms with Crippen molar-refractivity contribution in [3.05, 3.63) is 53.1 Å². The fourth-order valence-corrected chi connectivity index (χ4v) is 5.79. The van der Waals surface area contributed by atoms with Gasteiger partial charge in [-0.2, -0.15) is 21.6 Å². The lowest BCUT2D eigenvalue weighted by atomic mass is 9.85. The fourth-order valence-electron chi connectivity index (χ4n) is 4.10. The van der Waals surface area contributed by atoms with E-state index in [1.807, 2.05) is 0 Å². The minimum Gasteiger partial charge on any atom is -0.493 e. The Kier molecular flexibility index (Phi) is 5.66. The molecule has 2 aromatic carbocycles. The third kappa shape index (κ3) is 4.57. The summed E-state index contributed by atoms with van der Waals surface area (Å²) >= 11 is 0. The number of ether oxygens (including phenoxy) is 1. The van der Waals surface area contributed by atoms with E-state index in [0.717, 1.165) is 12.1 Å². The van der Waals surface area contributed by atoms with Crippen molar-refractivity contribution >= 4 is 25.6 Å². The molecule has 0 amide bonds. The zero-order chi connectivity index (χ0) is 23.3. The van der Waals surface area contributed by atoms with E-state index in [1.165, 1.54) is 24.3 Å². The van der Waals surface area contributed by atoms with Gasteiger partial charge in [-0.25, -0.2) is 8.42 Å². The minimum absolute atomic E-state index is 0.0778. The summed E-state index contributed by atoms with van der Waals surface area (Å²) in [5.41, 5.74) is 0.612. The molecule has 2 heterocycles. The summed E-state index contributed by atoms with van der Waals surface area (Å²) in [6, 6.07) is 7.29. The van der Waals surface area contributed by atoms with Crippen LogP contribution in [0.5, 0.6) is 5.75 Å². The molecule has 4 rings (SSSR count). The number of fused-ring (bicyclic) bond motifs is 1. The summed E-state index contributed by atoms with van der Waals surface area (Å²) in [7, 11) is -7.68. The number of alkyl halides is 3. The summed E-state index contributed by atoms with van der Waals surface area (Å²) < 4.78 is 102. The number of halogens is 3. The second-order valence-electron chi connectivity index (χ2n) is 7.77. The molecule has 0 saturated carbocycles. The van der Waals surface area contributed by atoms with Crippen LogP contribution >= 0.6 is 0 Å². The molecule has 2 aromatic rings. The largest absolute Gasteiger partial charge is 0.493 e. The smallest absolute Gasteiger partial charge is 0.416 e. The maximum atomic E-state index is 13.4. The molecule has 1 unspecified atom stereocenters. The van der Waals surface area contributed by atoms with Gasteiger partial charge in [0.15, 0.2) is 9.84 Å². The monoisotopic (exact) mass is 491 g/mol. The van der Waals surface area contributed by atoms with E-state index in [1.54, 1.807) is 4.90 Å². The molecule has 1 N–H and O–H groups in total. The Morgan fingerprint density at radius 2 is 1.69 bits per heavy atom. The van der Waals surface area contributed by atoms with Gasteiger partial charge in [-0.1, -0.05) is 12.1 Å². The Balaban J connectivity index is 1.80. The maximum absolute atomic E-state index is 13.4. The van der Waals surface area contributed by atoms with Gasteiger partial charge in [-0.3, -0.25) is 4.55 Å². The van der Waals surface area contributed by atoms with Gasteiger partial charge in [0.2, 0.25) is 0 Å². The number of anilines is 1. The molecule has 1 atom stereocenters. The van der Waals surface area contributed by atoms with Crippen LogP contribution in [-0.4, -0.2) is 52.6 Å². The highest BCUT2D eigenvalue weighted by Gasteiger charge is 2.35. The minimum atomic E-state index is -4.56. The van der Waals surface area contributed by atoms with Crippen molar-refractivity contribution in [1.82, 2.24) is 0 Å². The second-order valence-corrected chi connectivity index (χ2v) is 11.5. The molecule has 0 aliphatic carbocycles. The molecule has 1 saturated heterocycles. The zero-order valence-electron chi connectivity index (χ0n) is 16.7. The lowest BCUT2D eigenvalue weighted by Gasteiger charge is -2.34. The lowest BCUT2D eigenvalue weighted by molar-refractivity contribution is -0.137. The van der Waals surface area contributed by atoms with Crippen molar-refractivity contribution in [2.75, 3.05) is 36.1 Å². The molecular weight excluding hydrogens is 471 g/mol. The van der Waals surface area contributed by atoms with Crippen LogP contribution in [-0.2, 0) is 26.1 Å². The number of nitrogens with zero attached hydrogens (tertiary/aromatic N) is 1. The van der Waals surface area contributed by atoms with Gasteiger partial charge in [0.05, 0.1) is 28.6 Å². The Morgan fingerprint density at radius 3 is 2.31 bits per heavy atom. The van der Waals surface area contributed by atoms with Crippen molar-refractivity contribution in [2.24, 2.45) is 0 Å². The van der Waals surface area contributed by atoms with Crippen molar-refractivity contribution in [3.8, 4) is 5.75 Å². The van der Waals surface area contributed by atoms with Crippen LogP contribution < -0.4 is 9.64 Å². The van der Waals surface area contributed by atoms with Crippen LogP contribution in [0.2, 0.25) is 0 Å². The van der Waals surface area contributed by atoms with E-state index in [4.69, 9.17) is 4.74 Å². The average molecular weight is 492 g/mol. The molecule has 1 fully saturated rings. The summed E-state index contributed by atoms with van der Waals surface area (Å²) in [5.74, 6) is -0.469. The lowest BCUT2D eigenvalue weighted by Crippen LogP contribution is -2.41. The fraction of sp³-hybridized carbons (Fsp3) is 0.400. The summed E-state index contributed by atoms with van der Waals surface area (Å²) in [6.07, 6.45) is -4.13. The van der Waals surface area contributed by atoms with Crippen LogP contribution in [0.15, 0.2) is 41.3 Å². The second kappa shape index (κ2) is 7.92. The Labute approximate surface area is 183 Å². The molecular formula is C20H20F3NO6S2. The molecule has 0 aromatic heterocycles. The van der Waals surface area contributed by atoms with Crippen LogP contribution in [0.4, 0.5) is 18.9 Å². The number of hydrogen-bond donors (Lipinski definition) is 1. The SMILES string of the molecule is O=S1(=O)CCN(c2cc(C(F)(F)F)ccc2C2CCOc3cc(S(=O)(=O)O)ccc32)CC1. The van der Waals surface area contributed by atoms with E-state index in [-0.39, 0.29) is 41.8 Å². The highest BCUT2D eigenvalue weighted by molar-refractivity contribution is 7.91. The molecule has 0 bridgehead atoms. The Morgan fingerprint density at radius 1 is 1.03 bits per heavy atom. The highest BCUT2D eigenvalue weighted by Crippen LogP contribution is 2.44. The maximum Gasteiger partial charge on any atom is 0.416 e. The third-order valence-electron chi connectivity index (χ3n) is 5.74. The molecule has 2 aliphatic rings. The van der Waals surface area contributed by atoms with E-state index < -0.39 is 37.6 Å². The Hall–Kier alpha value is -2.31. The van der Waals surface area contributed by atoms with Crippen LogP contribution in [0.25, 0.3) is 0 Å². The first-order valence-electron chi connectivity index (χ1n) is 9.76. The number of rotatable bonds is 3. The van der Waals surface area contributed by atoms with Gasteiger partial charge < -0.3 is 9.64 Å². The highest BCUT2D eigenvalue weighted by atomic mass is 32.2. The topological polar surface area (TPSA) is 101 Å². The average Bonchev–Trinajstić information content (AvgIpc) is 2.71. The van der Waals surface area contributed by atoms with E-state index >= 15 is 0 Å². The van der Waals surface area contributed by atoms with Crippen LogP contribution in [0, 0.1) is 0 Å². The first-order valence-corrected chi connectivity index (χ1v) is 13.0. The molecule has 7 nitrogen and oxygen atoms in total. The van der Waals surface area contributed by atoms with Gasteiger partial charge >= 0.3 is 6.18 Å². The molecule has 174 valence electrons. The molecule has 0 spiro atoms. The van der Waals surface area contributed by atoms with Gasteiger partial charge in [-0.15, -0.1) is 0 Å². The molecule has 0 radical (unpaired) electrons. The van der Waals surface area contributed by atoms with Crippen molar-refractivity contribution in [3.63, 3.8) is 0 Å². The third-order valence-corrected chi connectivity index (χ3v) is 8.20. The zero-order valence-corrected chi connectivity index (χ0v) is 18.3. The van der Waals surface area contributed by atoms with Crippen molar-refractivity contribution < 1.29 is 39.3 Å². The van der Waals surface area contributed by atoms with Gasteiger partial charge in [-0.05, 0) is 30.2 Å². The van der Waals surface area contributed by atoms with E-state index in [0.29, 0.717) is 23.2 Å².